The van der Waals surface area contributed by atoms with Crippen molar-refractivity contribution in [1.29, 1.82) is 0 Å². The van der Waals surface area contributed by atoms with Gasteiger partial charge in [-0.25, -0.2) is 14.2 Å². The number of amides is 1. The van der Waals surface area contributed by atoms with Gasteiger partial charge in [-0.3, -0.25) is 4.79 Å². The van der Waals surface area contributed by atoms with E-state index in [9.17, 15) is 27.2 Å². The summed E-state index contributed by atoms with van der Waals surface area (Å²) in [6.07, 6.45) is -4.02. The molecule has 0 unspecified atom stereocenters. The van der Waals surface area contributed by atoms with Crippen molar-refractivity contribution >= 4 is 23.2 Å². The summed E-state index contributed by atoms with van der Waals surface area (Å²) in [4.78, 5) is 30.5. The van der Waals surface area contributed by atoms with E-state index in [2.05, 4.69) is 10.1 Å². The highest BCUT2D eigenvalue weighted by molar-refractivity contribution is 7.10. The molecule has 3 aromatic rings. The van der Waals surface area contributed by atoms with Crippen molar-refractivity contribution < 1.29 is 36.4 Å². The molecule has 1 fully saturated rings. The number of aromatic nitrogens is 2. The molecule has 186 valence electrons. The highest BCUT2D eigenvalue weighted by Gasteiger charge is 2.35. The molecular weight excluding hydrogens is 490 g/mol. The Labute approximate surface area is 201 Å². The van der Waals surface area contributed by atoms with Gasteiger partial charge in [-0.1, -0.05) is 5.16 Å². The lowest BCUT2D eigenvalue weighted by Crippen LogP contribution is -2.39. The van der Waals surface area contributed by atoms with Gasteiger partial charge in [0, 0.05) is 30.5 Å². The Morgan fingerprint density at radius 2 is 1.97 bits per heavy atom. The maximum atomic E-state index is 13.5. The quantitative estimate of drug-likeness (QED) is 0.339. The second kappa shape index (κ2) is 10.1. The largest absolute Gasteiger partial charge is 0.461 e. The molecule has 1 aliphatic heterocycles. The summed E-state index contributed by atoms with van der Waals surface area (Å²) in [6, 6.07) is 3.62. The average Bonchev–Trinajstić information content (AvgIpc) is 3.49. The molecule has 4 rings (SSSR count). The highest BCUT2D eigenvalue weighted by atomic mass is 32.1. The molecule has 0 radical (unpaired) electrons. The molecule has 3 heterocycles. The summed E-state index contributed by atoms with van der Waals surface area (Å²) in [5.41, 5.74) is -0.799. The van der Waals surface area contributed by atoms with Crippen LogP contribution in [0.15, 0.2) is 34.2 Å². The standard InChI is InChI=1S/C23H21F4N3O4S/c1-2-33-22(32)17-11-19(34-29-17)18-12-35-21(28-18)13-5-7-30(8-6-13)20(31)10-14-9-15(24)3-4-16(14)23(25,26)27/h3-4,9,11-13H,2,5-8,10H2,1H3. The van der Waals surface area contributed by atoms with Crippen LogP contribution in [-0.2, 0) is 22.1 Å². The van der Waals surface area contributed by atoms with Crippen molar-refractivity contribution in [2.45, 2.75) is 38.3 Å². The Kier molecular flexibility index (Phi) is 7.20. The number of thiazole rings is 1. The van der Waals surface area contributed by atoms with Crippen LogP contribution in [-0.4, -0.2) is 46.6 Å². The van der Waals surface area contributed by atoms with Crippen LogP contribution in [0, 0.1) is 5.82 Å². The van der Waals surface area contributed by atoms with E-state index >= 15 is 0 Å². The molecule has 0 spiro atoms. The lowest BCUT2D eigenvalue weighted by atomic mass is 9.96. The SMILES string of the molecule is CCOC(=O)c1cc(-c2csc(C3CCN(C(=O)Cc4cc(F)ccc4C(F)(F)F)CC3)n2)on1. The minimum atomic E-state index is -4.67. The fourth-order valence-electron chi connectivity index (χ4n) is 3.92. The number of hydrogen-bond donors (Lipinski definition) is 0. The Morgan fingerprint density at radius 1 is 1.23 bits per heavy atom. The first-order chi connectivity index (χ1) is 16.7. The van der Waals surface area contributed by atoms with E-state index in [0.717, 1.165) is 17.1 Å². The molecule has 0 aliphatic carbocycles. The van der Waals surface area contributed by atoms with Gasteiger partial charge in [-0.15, -0.1) is 11.3 Å². The summed E-state index contributed by atoms with van der Waals surface area (Å²) < 4.78 is 63.3. The zero-order chi connectivity index (χ0) is 25.2. The molecule has 7 nitrogen and oxygen atoms in total. The smallest absolute Gasteiger partial charge is 0.416 e. The fourth-order valence-corrected chi connectivity index (χ4v) is 4.90. The van der Waals surface area contributed by atoms with Crippen LogP contribution in [0.4, 0.5) is 17.6 Å². The van der Waals surface area contributed by atoms with Gasteiger partial charge in [0.05, 0.1) is 23.6 Å². The van der Waals surface area contributed by atoms with Crippen molar-refractivity contribution in [3.63, 3.8) is 0 Å². The molecule has 0 bridgehead atoms. The van der Waals surface area contributed by atoms with Crippen LogP contribution in [0.1, 0.15) is 52.3 Å². The van der Waals surface area contributed by atoms with E-state index in [4.69, 9.17) is 9.26 Å². The summed E-state index contributed by atoms with van der Waals surface area (Å²) in [5, 5.41) is 6.31. The molecule has 1 aliphatic rings. The first-order valence-corrected chi connectivity index (χ1v) is 11.8. The average molecular weight is 511 g/mol. The number of rotatable bonds is 6. The van der Waals surface area contributed by atoms with Crippen LogP contribution in [0.5, 0.6) is 0 Å². The number of esters is 1. The normalized spacial score (nSPS) is 14.8. The zero-order valence-corrected chi connectivity index (χ0v) is 19.4. The van der Waals surface area contributed by atoms with E-state index in [-0.39, 0.29) is 23.8 Å². The van der Waals surface area contributed by atoms with Gasteiger partial charge in [0.25, 0.3) is 0 Å². The maximum absolute atomic E-state index is 13.5. The number of halogens is 4. The fraction of sp³-hybridized carbons (Fsp3) is 0.391. The predicted octanol–water partition coefficient (Wildman–Crippen LogP) is 5.08. The number of likely N-dealkylation sites (tertiary alicyclic amines) is 1. The van der Waals surface area contributed by atoms with E-state index in [1.165, 1.54) is 22.3 Å². The number of ether oxygens (including phenoxy) is 1. The molecule has 0 atom stereocenters. The van der Waals surface area contributed by atoms with Crippen LogP contribution >= 0.6 is 11.3 Å². The molecule has 0 N–H and O–H groups in total. The van der Waals surface area contributed by atoms with E-state index in [1.807, 2.05) is 0 Å². The maximum Gasteiger partial charge on any atom is 0.416 e. The van der Waals surface area contributed by atoms with Crippen molar-refractivity contribution in [2.75, 3.05) is 19.7 Å². The second-order valence-corrected chi connectivity index (χ2v) is 8.89. The third-order valence-electron chi connectivity index (χ3n) is 5.68. The molecule has 0 saturated carbocycles. The Morgan fingerprint density at radius 3 is 2.66 bits per heavy atom. The second-order valence-electron chi connectivity index (χ2n) is 8.00. The first kappa shape index (κ1) is 24.8. The Hall–Kier alpha value is -3.28. The number of carbonyl (C=O) groups excluding carboxylic acids is 2. The third-order valence-corrected chi connectivity index (χ3v) is 6.69. The van der Waals surface area contributed by atoms with Crippen molar-refractivity contribution in [3.05, 3.63) is 57.3 Å². The van der Waals surface area contributed by atoms with E-state index in [1.54, 1.807) is 12.3 Å². The predicted molar refractivity (Wildman–Crippen MR) is 117 cm³/mol. The lowest BCUT2D eigenvalue weighted by molar-refractivity contribution is -0.138. The Bertz CT molecular complexity index is 1220. The van der Waals surface area contributed by atoms with Gasteiger partial charge >= 0.3 is 12.1 Å². The Balaban J connectivity index is 1.37. The molecule has 1 aromatic carbocycles. The molecule has 12 heteroatoms. The van der Waals surface area contributed by atoms with Crippen LogP contribution in [0.3, 0.4) is 0 Å². The third kappa shape index (κ3) is 5.69. The van der Waals surface area contributed by atoms with Crippen molar-refractivity contribution in [2.24, 2.45) is 0 Å². The summed E-state index contributed by atoms with van der Waals surface area (Å²) in [7, 11) is 0. The highest BCUT2D eigenvalue weighted by Crippen LogP contribution is 2.35. The van der Waals surface area contributed by atoms with Crippen molar-refractivity contribution in [1.82, 2.24) is 15.0 Å². The van der Waals surface area contributed by atoms with Gasteiger partial charge in [-0.2, -0.15) is 13.2 Å². The lowest BCUT2D eigenvalue weighted by Gasteiger charge is -2.31. The molecule has 1 amide bonds. The first-order valence-electron chi connectivity index (χ1n) is 10.9. The van der Waals surface area contributed by atoms with Gasteiger partial charge in [0.2, 0.25) is 5.91 Å². The van der Waals surface area contributed by atoms with Gasteiger partial charge in [0.1, 0.15) is 11.5 Å². The van der Waals surface area contributed by atoms with Gasteiger partial charge < -0.3 is 14.2 Å². The number of alkyl halides is 3. The number of piperidine rings is 1. The number of carbonyl (C=O) groups is 2. The van der Waals surface area contributed by atoms with Crippen molar-refractivity contribution in [3.8, 4) is 11.5 Å². The van der Waals surface area contributed by atoms with Gasteiger partial charge in [-0.05, 0) is 43.5 Å². The molecule has 2 aromatic heterocycles. The molecular formula is C23H21F4N3O4S. The number of benzene rings is 1. The minimum absolute atomic E-state index is 0.0511. The van der Waals surface area contributed by atoms with E-state index < -0.39 is 35.9 Å². The molecule has 1 saturated heterocycles. The minimum Gasteiger partial charge on any atom is -0.461 e. The topological polar surface area (TPSA) is 85.5 Å². The summed E-state index contributed by atoms with van der Waals surface area (Å²) in [6.45, 7) is 2.61. The number of hydrogen-bond acceptors (Lipinski definition) is 7. The van der Waals surface area contributed by atoms with Crippen LogP contribution in [0.2, 0.25) is 0 Å². The van der Waals surface area contributed by atoms with Gasteiger partial charge in [0.15, 0.2) is 11.5 Å². The van der Waals surface area contributed by atoms with Crippen LogP contribution in [0.25, 0.3) is 11.5 Å². The monoisotopic (exact) mass is 511 g/mol. The molecule has 35 heavy (non-hydrogen) atoms. The summed E-state index contributed by atoms with van der Waals surface area (Å²) >= 11 is 1.41. The zero-order valence-electron chi connectivity index (χ0n) is 18.6. The van der Waals surface area contributed by atoms with Crippen LogP contribution < -0.4 is 0 Å². The number of nitrogens with zero attached hydrogens (tertiary/aromatic N) is 3. The van der Waals surface area contributed by atoms with E-state index in [0.29, 0.717) is 43.5 Å². The summed E-state index contributed by atoms with van der Waals surface area (Å²) in [5.74, 6) is -1.49.